The minimum atomic E-state index is -4.28. The van der Waals surface area contributed by atoms with Gasteiger partial charge in [-0.25, -0.2) is 18.6 Å². The molecule has 0 radical (unpaired) electrons. The number of hydrogen-bond donors (Lipinski definition) is 3. The number of nitrogens with zero attached hydrogens (tertiary/aromatic N) is 1. The first kappa shape index (κ1) is 18.5. The zero-order valence-electron chi connectivity index (χ0n) is 11.9. The van der Waals surface area contributed by atoms with Crippen LogP contribution < -0.4 is 21.1 Å². The minimum absolute atomic E-state index is 0.287. The first-order valence-electron chi connectivity index (χ1n) is 6.23. The average Bonchev–Trinajstić information content (AvgIpc) is 2.45. The predicted molar refractivity (Wildman–Crippen MR) is 71.5 cm³/mol. The molecule has 7 nitrogen and oxygen atoms in total. The summed E-state index contributed by atoms with van der Waals surface area (Å²) < 4.78 is 53.8. The van der Waals surface area contributed by atoms with Crippen LogP contribution in [0.3, 0.4) is 0 Å². The molecule has 0 aliphatic rings. The van der Waals surface area contributed by atoms with Gasteiger partial charge in [0.15, 0.2) is 6.61 Å². The van der Waals surface area contributed by atoms with Gasteiger partial charge in [-0.3, -0.25) is 10.1 Å². The summed E-state index contributed by atoms with van der Waals surface area (Å²) in [5.41, 5.74) is 5.10. The van der Waals surface area contributed by atoms with Crippen LogP contribution in [0.5, 0.6) is 5.88 Å². The summed E-state index contributed by atoms with van der Waals surface area (Å²) in [6.45, 7) is -0.0757. The second-order valence-electron chi connectivity index (χ2n) is 4.46. The van der Waals surface area contributed by atoms with Gasteiger partial charge in [0, 0.05) is 6.07 Å². The molecule has 0 aromatic carbocycles. The highest BCUT2D eigenvalue weighted by molar-refractivity contribution is 5.97. The Kier molecular flexibility index (Phi) is 6.10. The molecule has 0 spiro atoms. The van der Waals surface area contributed by atoms with Crippen molar-refractivity contribution in [1.29, 1.82) is 0 Å². The largest absolute Gasteiger partial charge is 0.471 e. The molecule has 1 aromatic heterocycles. The Morgan fingerprint density at radius 1 is 1.39 bits per heavy atom. The number of carbonyl (C=O) groups excluding carboxylic acids is 2. The molecule has 0 bridgehead atoms. The molecular weight excluding hydrogens is 324 g/mol. The lowest BCUT2D eigenvalue weighted by atomic mass is 10.3. The number of rotatable bonds is 7. The topological polar surface area (TPSA) is 106 Å². The van der Waals surface area contributed by atoms with Gasteiger partial charge in [0.1, 0.15) is 6.04 Å². The van der Waals surface area contributed by atoms with Gasteiger partial charge in [0.25, 0.3) is 0 Å². The highest BCUT2D eigenvalue weighted by Gasteiger charge is 2.41. The number of primary amides is 1. The van der Waals surface area contributed by atoms with Gasteiger partial charge in [-0.05, 0) is 13.0 Å². The molecule has 0 aliphatic carbocycles. The third-order valence-corrected chi connectivity index (χ3v) is 2.49. The molecule has 1 rings (SSSR count). The summed E-state index contributed by atoms with van der Waals surface area (Å²) in [5.74, 6) is -5.25. The number of alkyl halides is 4. The third kappa shape index (κ3) is 5.96. The Hall–Kier alpha value is -2.59. The van der Waals surface area contributed by atoms with Crippen molar-refractivity contribution in [2.45, 2.75) is 25.3 Å². The van der Waals surface area contributed by atoms with Crippen molar-refractivity contribution >= 4 is 17.6 Å². The molecule has 1 atom stereocenters. The van der Waals surface area contributed by atoms with E-state index in [2.05, 4.69) is 15.0 Å². The number of nitrogens with one attached hydrogen (secondary N) is 2. The summed E-state index contributed by atoms with van der Waals surface area (Å²) in [4.78, 5) is 25.6. The summed E-state index contributed by atoms with van der Waals surface area (Å²) in [6, 6.07) is 0.643. The van der Waals surface area contributed by atoms with Crippen LogP contribution in [0.25, 0.3) is 0 Å². The number of ether oxygens (including phenoxy) is 1. The first-order chi connectivity index (χ1) is 10.6. The number of urea groups is 1. The van der Waals surface area contributed by atoms with E-state index in [1.54, 1.807) is 0 Å². The number of halogens is 4. The van der Waals surface area contributed by atoms with E-state index < -0.39 is 36.9 Å². The molecule has 23 heavy (non-hydrogen) atoms. The average molecular weight is 338 g/mol. The smallest absolute Gasteiger partial charge is 0.340 e. The second kappa shape index (κ2) is 7.61. The molecule has 11 heteroatoms. The minimum Gasteiger partial charge on any atom is -0.471 e. The maximum atomic E-state index is 12.7. The van der Waals surface area contributed by atoms with Gasteiger partial charge < -0.3 is 15.8 Å². The Balaban J connectivity index is 2.56. The Labute approximate surface area is 128 Å². The van der Waals surface area contributed by atoms with Crippen molar-refractivity contribution in [3.63, 3.8) is 0 Å². The third-order valence-electron chi connectivity index (χ3n) is 2.49. The molecular formula is C12H14F4N4O3. The maximum Gasteiger partial charge on any atom is 0.340 e. The zero-order chi connectivity index (χ0) is 17.6. The Morgan fingerprint density at radius 3 is 2.52 bits per heavy atom. The summed E-state index contributed by atoms with van der Waals surface area (Å²) >= 11 is 0. The van der Waals surface area contributed by atoms with Crippen molar-refractivity contribution in [2.24, 2.45) is 5.73 Å². The van der Waals surface area contributed by atoms with Crippen LogP contribution in [0.4, 0.5) is 28.0 Å². The quantitative estimate of drug-likeness (QED) is 0.651. The number of anilines is 1. The molecule has 1 heterocycles. The number of imide groups is 1. The van der Waals surface area contributed by atoms with Crippen LogP contribution in [0.2, 0.25) is 0 Å². The highest BCUT2D eigenvalue weighted by atomic mass is 19.3. The van der Waals surface area contributed by atoms with Crippen molar-refractivity contribution in [2.75, 3.05) is 11.9 Å². The number of pyridine rings is 1. The van der Waals surface area contributed by atoms with Gasteiger partial charge in [0.05, 0.1) is 11.9 Å². The Morgan fingerprint density at radius 2 is 2.04 bits per heavy atom. The van der Waals surface area contributed by atoms with E-state index in [4.69, 9.17) is 5.73 Å². The first-order valence-corrected chi connectivity index (χ1v) is 6.23. The molecule has 1 aromatic rings. The highest BCUT2D eigenvalue weighted by Crippen LogP contribution is 2.24. The number of nitrogens with two attached hydrogens (primary N) is 1. The molecule has 0 fully saturated rings. The fourth-order valence-electron chi connectivity index (χ4n) is 1.33. The summed E-state index contributed by atoms with van der Waals surface area (Å²) in [6.07, 6.45) is -2.70. The lowest BCUT2D eigenvalue weighted by Gasteiger charge is -2.16. The number of carbonyl (C=O) groups is 2. The van der Waals surface area contributed by atoms with Gasteiger partial charge in [0.2, 0.25) is 11.8 Å². The van der Waals surface area contributed by atoms with E-state index in [1.807, 2.05) is 5.32 Å². The lowest BCUT2D eigenvalue weighted by molar-refractivity contribution is -0.148. The molecule has 0 aliphatic heterocycles. The zero-order valence-corrected chi connectivity index (χ0v) is 11.9. The Bertz CT molecular complexity index is 554. The fourth-order valence-corrected chi connectivity index (χ4v) is 1.33. The van der Waals surface area contributed by atoms with Crippen LogP contribution in [0.15, 0.2) is 18.3 Å². The van der Waals surface area contributed by atoms with E-state index >= 15 is 0 Å². The standard InChI is InChI=1S/C12H14F4N4O3/c1-6(9(21)20-11(17)22)19-7-2-3-8(18-4-7)23-5-12(15,16)10(13)14/h2-4,6,10,19H,5H2,1H3,(H3,17,20,21,22). The van der Waals surface area contributed by atoms with E-state index in [-0.39, 0.29) is 5.88 Å². The van der Waals surface area contributed by atoms with Crippen LogP contribution in [-0.4, -0.2) is 41.9 Å². The molecule has 4 N–H and O–H groups in total. The molecule has 0 saturated heterocycles. The van der Waals surface area contributed by atoms with Crippen LogP contribution in [0.1, 0.15) is 6.92 Å². The van der Waals surface area contributed by atoms with Gasteiger partial charge in [-0.2, -0.15) is 8.78 Å². The van der Waals surface area contributed by atoms with Crippen molar-refractivity contribution < 1.29 is 31.9 Å². The van der Waals surface area contributed by atoms with E-state index in [0.29, 0.717) is 5.69 Å². The van der Waals surface area contributed by atoms with E-state index in [1.165, 1.54) is 13.0 Å². The second-order valence-corrected chi connectivity index (χ2v) is 4.46. The molecule has 0 saturated carbocycles. The van der Waals surface area contributed by atoms with E-state index in [0.717, 1.165) is 12.3 Å². The van der Waals surface area contributed by atoms with Crippen molar-refractivity contribution in [1.82, 2.24) is 10.3 Å². The number of amides is 3. The molecule has 1 unspecified atom stereocenters. The fraction of sp³-hybridized carbons (Fsp3) is 0.417. The molecule has 128 valence electrons. The van der Waals surface area contributed by atoms with E-state index in [9.17, 15) is 27.2 Å². The lowest BCUT2D eigenvalue weighted by Crippen LogP contribution is -2.43. The number of aromatic nitrogens is 1. The van der Waals surface area contributed by atoms with Gasteiger partial charge >= 0.3 is 18.4 Å². The normalized spacial score (nSPS) is 12.6. The van der Waals surface area contributed by atoms with Gasteiger partial charge in [-0.1, -0.05) is 0 Å². The summed E-state index contributed by atoms with van der Waals surface area (Å²) in [5, 5.41) is 4.52. The SMILES string of the molecule is CC(Nc1ccc(OCC(F)(F)C(F)F)nc1)C(=O)NC(N)=O. The molecule has 3 amide bonds. The van der Waals surface area contributed by atoms with Gasteiger partial charge in [-0.15, -0.1) is 0 Å². The summed E-state index contributed by atoms with van der Waals surface area (Å²) in [7, 11) is 0. The van der Waals surface area contributed by atoms with Crippen molar-refractivity contribution in [3.8, 4) is 5.88 Å². The maximum absolute atomic E-state index is 12.7. The number of hydrogen-bond acceptors (Lipinski definition) is 5. The van der Waals surface area contributed by atoms with Crippen LogP contribution in [-0.2, 0) is 4.79 Å². The predicted octanol–water partition coefficient (Wildman–Crippen LogP) is 1.36. The monoisotopic (exact) mass is 338 g/mol. The van der Waals surface area contributed by atoms with Crippen LogP contribution >= 0.6 is 0 Å². The van der Waals surface area contributed by atoms with Crippen LogP contribution in [0, 0.1) is 0 Å². The van der Waals surface area contributed by atoms with Crippen molar-refractivity contribution in [3.05, 3.63) is 18.3 Å².